The zero-order valence-electron chi connectivity index (χ0n) is 19.5. The van der Waals surface area contributed by atoms with Crippen molar-refractivity contribution < 1.29 is 23.2 Å². The molecule has 0 radical (unpaired) electrons. The number of carbonyl (C=O) groups is 3. The number of aromatic nitrogens is 1. The van der Waals surface area contributed by atoms with E-state index in [4.69, 9.17) is 11.6 Å². The zero-order chi connectivity index (χ0) is 26.1. The topological polar surface area (TPSA) is 82.6 Å². The molecule has 1 aromatic heterocycles. The number of piperidine rings is 1. The number of halogens is 3. The van der Waals surface area contributed by atoms with Crippen LogP contribution in [0.15, 0.2) is 60.3 Å². The Morgan fingerprint density at radius 1 is 1.00 bits per heavy atom. The molecule has 2 aliphatic rings. The first-order valence-electron chi connectivity index (χ1n) is 11.6. The molecule has 0 saturated carbocycles. The Bertz CT molecular complexity index is 1390. The average Bonchev–Trinajstić information content (AvgIpc) is 3.12. The third-order valence-corrected chi connectivity index (χ3v) is 6.57. The minimum Gasteiger partial charge on any atom is -0.324 e. The van der Waals surface area contributed by atoms with E-state index in [2.05, 4.69) is 10.3 Å². The maximum absolute atomic E-state index is 14.1. The Hall–Kier alpha value is -4.11. The fourth-order valence-electron chi connectivity index (χ4n) is 4.43. The van der Waals surface area contributed by atoms with Crippen LogP contribution in [0.2, 0.25) is 5.02 Å². The van der Waals surface area contributed by atoms with Crippen LogP contribution in [0.4, 0.5) is 19.3 Å². The summed E-state index contributed by atoms with van der Waals surface area (Å²) in [6.07, 6.45) is 3.91. The first-order chi connectivity index (χ1) is 17.8. The number of pyridine rings is 1. The van der Waals surface area contributed by atoms with Crippen LogP contribution in [0.3, 0.4) is 0 Å². The van der Waals surface area contributed by atoms with Gasteiger partial charge in [-0.05, 0) is 55.3 Å². The van der Waals surface area contributed by atoms with Crippen molar-refractivity contribution in [2.45, 2.75) is 19.4 Å². The van der Waals surface area contributed by atoms with Crippen molar-refractivity contribution in [3.63, 3.8) is 0 Å². The van der Waals surface area contributed by atoms with Crippen LogP contribution in [0.5, 0.6) is 0 Å². The van der Waals surface area contributed by atoms with Crippen LogP contribution < -0.4 is 5.32 Å². The van der Waals surface area contributed by atoms with Crippen molar-refractivity contribution in [3.05, 3.63) is 99.3 Å². The predicted octanol–water partition coefficient (Wildman–Crippen LogP) is 5.52. The summed E-state index contributed by atoms with van der Waals surface area (Å²) in [5.74, 6) is -2.22. The van der Waals surface area contributed by atoms with Gasteiger partial charge in [0.25, 0.3) is 11.8 Å². The van der Waals surface area contributed by atoms with Gasteiger partial charge in [-0.1, -0.05) is 29.3 Å². The molecule has 3 heterocycles. The molecule has 1 saturated heterocycles. The Morgan fingerprint density at radius 3 is 2.24 bits per heavy atom. The van der Waals surface area contributed by atoms with Gasteiger partial charge < -0.3 is 10.2 Å². The molecule has 37 heavy (non-hydrogen) atoms. The van der Waals surface area contributed by atoms with E-state index in [0.29, 0.717) is 48.4 Å². The molecule has 10 heteroatoms. The normalized spacial score (nSPS) is 15.2. The summed E-state index contributed by atoms with van der Waals surface area (Å²) in [5, 5.41) is 2.80. The second kappa shape index (κ2) is 10.1. The zero-order valence-corrected chi connectivity index (χ0v) is 20.3. The molecule has 0 unspecified atom stereocenters. The van der Waals surface area contributed by atoms with Gasteiger partial charge in [-0.2, -0.15) is 0 Å². The lowest BCUT2D eigenvalue weighted by Gasteiger charge is -2.28. The van der Waals surface area contributed by atoms with Gasteiger partial charge in [0, 0.05) is 35.6 Å². The number of benzene rings is 2. The molecule has 2 aromatic carbocycles. The number of nitrogens with zero attached hydrogens (tertiary/aromatic N) is 3. The fraction of sp³-hybridized carbons (Fsp3) is 0.185. The summed E-state index contributed by atoms with van der Waals surface area (Å²) in [7, 11) is 0. The summed E-state index contributed by atoms with van der Waals surface area (Å²) < 4.78 is 28.2. The summed E-state index contributed by atoms with van der Waals surface area (Å²) in [6.45, 7) is 0.731. The molecular formula is C27H21ClF2N4O3. The van der Waals surface area contributed by atoms with Crippen LogP contribution in [-0.2, 0) is 6.54 Å². The minimum absolute atomic E-state index is 0.00775. The number of hydrogen-bond acceptors (Lipinski definition) is 4. The minimum atomic E-state index is -0.729. The van der Waals surface area contributed by atoms with E-state index in [1.807, 2.05) is 0 Å². The fourth-order valence-corrected chi connectivity index (χ4v) is 4.62. The van der Waals surface area contributed by atoms with Gasteiger partial charge in [-0.25, -0.2) is 13.6 Å². The van der Waals surface area contributed by atoms with Crippen molar-refractivity contribution in [2.75, 3.05) is 18.4 Å². The van der Waals surface area contributed by atoms with Crippen LogP contribution in [0, 0.1) is 11.6 Å². The molecule has 5 rings (SSSR count). The average molecular weight is 523 g/mol. The van der Waals surface area contributed by atoms with E-state index in [0.717, 1.165) is 22.6 Å². The first kappa shape index (κ1) is 24.6. The highest BCUT2D eigenvalue weighted by Gasteiger charge is 2.35. The van der Waals surface area contributed by atoms with Crippen LogP contribution in [0.1, 0.15) is 44.8 Å². The lowest BCUT2D eigenvalue weighted by Crippen LogP contribution is -2.39. The van der Waals surface area contributed by atoms with Gasteiger partial charge in [0.1, 0.15) is 11.6 Å². The highest BCUT2D eigenvalue weighted by Crippen LogP contribution is 2.26. The number of anilines is 1. The lowest BCUT2D eigenvalue weighted by molar-refractivity contribution is 0.0640. The number of amides is 4. The number of rotatable bonds is 4. The van der Waals surface area contributed by atoms with E-state index in [-0.39, 0.29) is 35.0 Å². The number of hydrogen-bond donors (Lipinski definition) is 1. The third kappa shape index (κ3) is 5.08. The molecule has 3 aromatic rings. The van der Waals surface area contributed by atoms with Crippen LogP contribution in [-0.4, -0.2) is 45.7 Å². The molecule has 4 amide bonds. The second-order valence-corrected chi connectivity index (χ2v) is 9.22. The molecule has 0 aliphatic carbocycles. The Morgan fingerprint density at radius 2 is 1.62 bits per heavy atom. The van der Waals surface area contributed by atoms with Crippen molar-refractivity contribution in [1.82, 2.24) is 14.8 Å². The van der Waals surface area contributed by atoms with E-state index in [9.17, 15) is 23.2 Å². The largest absolute Gasteiger partial charge is 0.324 e. The van der Waals surface area contributed by atoms with Crippen molar-refractivity contribution in [3.8, 4) is 0 Å². The van der Waals surface area contributed by atoms with E-state index < -0.39 is 11.6 Å². The number of urea groups is 1. The smallest absolute Gasteiger partial charge is 0.321 e. The second-order valence-electron chi connectivity index (χ2n) is 8.78. The van der Waals surface area contributed by atoms with Crippen molar-refractivity contribution in [2.24, 2.45) is 0 Å². The predicted molar refractivity (Wildman–Crippen MR) is 134 cm³/mol. The number of likely N-dealkylation sites (tertiary alicyclic amines) is 1. The molecule has 2 aliphatic heterocycles. The monoisotopic (exact) mass is 522 g/mol. The van der Waals surface area contributed by atoms with Gasteiger partial charge in [0.2, 0.25) is 0 Å². The van der Waals surface area contributed by atoms with E-state index in [1.165, 1.54) is 12.3 Å². The van der Waals surface area contributed by atoms with E-state index >= 15 is 0 Å². The van der Waals surface area contributed by atoms with Gasteiger partial charge in [-0.15, -0.1) is 0 Å². The quantitative estimate of drug-likeness (QED) is 0.457. The third-order valence-electron chi connectivity index (χ3n) is 6.35. The standard InChI is InChI=1S/C27H21ClF2N4O3/c28-17-12-23(29)22(24(30)13-17)11-16-6-9-33(10-7-16)27(37)32-18-5-8-31-19(14-18)15-34-25(35)20-3-1-2-4-21(20)26(34)36/h1-5,8,11-14H,6-7,9-10,15H2,(H,31,32,37). The number of carbonyl (C=O) groups excluding carboxylic acids is 3. The molecule has 0 spiro atoms. The van der Waals surface area contributed by atoms with Gasteiger partial charge in [0.15, 0.2) is 0 Å². The van der Waals surface area contributed by atoms with Crippen molar-refractivity contribution >= 4 is 41.2 Å². The highest BCUT2D eigenvalue weighted by atomic mass is 35.5. The first-order valence-corrected chi connectivity index (χ1v) is 12.0. The Balaban J connectivity index is 1.20. The SMILES string of the molecule is O=C(Nc1ccnc(CN2C(=O)c3ccccc3C2=O)c1)N1CCC(=Cc2c(F)cc(Cl)cc2F)CC1. The maximum atomic E-state index is 14.1. The maximum Gasteiger partial charge on any atom is 0.321 e. The molecule has 0 bridgehead atoms. The summed E-state index contributed by atoms with van der Waals surface area (Å²) in [4.78, 5) is 45.0. The Kier molecular flexibility index (Phi) is 6.71. The molecule has 0 atom stereocenters. The summed E-state index contributed by atoms with van der Waals surface area (Å²) >= 11 is 5.68. The highest BCUT2D eigenvalue weighted by molar-refractivity contribution is 6.30. The van der Waals surface area contributed by atoms with Crippen LogP contribution in [0.25, 0.3) is 6.08 Å². The lowest BCUT2D eigenvalue weighted by atomic mass is 10.0. The van der Waals surface area contributed by atoms with Crippen LogP contribution >= 0.6 is 11.6 Å². The number of imide groups is 1. The number of fused-ring (bicyclic) bond motifs is 1. The van der Waals surface area contributed by atoms with Crippen molar-refractivity contribution in [1.29, 1.82) is 0 Å². The summed E-state index contributed by atoms with van der Waals surface area (Å²) in [6, 6.07) is 11.7. The molecular weight excluding hydrogens is 502 g/mol. The van der Waals surface area contributed by atoms with E-state index in [1.54, 1.807) is 41.3 Å². The van der Waals surface area contributed by atoms with Gasteiger partial charge in [-0.3, -0.25) is 19.5 Å². The molecule has 7 nitrogen and oxygen atoms in total. The number of nitrogens with one attached hydrogen (secondary N) is 1. The van der Waals surface area contributed by atoms with Gasteiger partial charge >= 0.3 is 6.03 Å². The van der Waals surface area contributed by atoms with Gasteiger partial charge in [0.05, 0.1) is 23.4 Å². The Labute approximate surface area is 216 Å². The summed E-state index contributed by atoms with van der Waals surface area (Å²) in [5.41, 5.74) is 2.33. The molecule has 1 fully saturated rings. The molecule has 188 valence electrons. The molecule has 1 N–H and O–H groups in total.